The van der Waals surface area contributed by atoms with E-state index in [0.717, 1.165) is 31.6 Å². The molecule has 5 nitrogen and oxygen atoms in total. The van der Waals surface area contributed by atoms with Gasteiger partial charge in [-0.3, -0.25) is 9.59 Å². The van der Waals surface area contributed by atoms with Crippen molar-refractivity contribution in [3.63, 3.8) is 0 Å². The minimum absolute atomic E-state index is 0.0803. The van der Waals surface area contributed by atoms with Crippen LogP contribution in [0.4, 0.5) is 11.4 Å². The first kappa shape index (κ1) is 20.9. The average molecular weight is 394 g/mol. The third kappa shape index (κ3) is 5.83. The number of para-hydroxylation sites is 1. The van der Waals surface area contributed by atoms with Crippen molar-refractivity contribution in [1.82, 2.24) is 4.90 Å². The second-order valence-corrected chi connectivity index (χ2v) is 7.93. The van der Waals surface area contributed by atoms with Crippen LogP contribution in [0.3, 0.4) is 0 Å². The lowest BCUT2D eigenvalue weighted by Crippen LogP contribution is -2.31. The molecule has 1 saturated heterocycles. The molecule has 0 bridgehead atoms. The smallest absolute Gasteiger partial charge is 0.253 e. The molecule has 0 aliphatic carbocycles. The van der Waals surface area contributed by atoms with E-state index >= 15 is 0 Å². The molecule has 154 valence electrons. The highest BCUT2D eigenvalue weighted by molar-refractivity contribution is 5.96. The number of hydrogen-bond acceptors (Lipinski definition) is 3. The lowest BCUT2D eigenvalue weighted by molar-refractivity contribution is -0.114. The average Bonchev–Trinajstić information content (AvgIpc) is 3.02. The second kappa shape index (κ2) is 10.1. The number of rotatable bonds is 6. The molecule has 0 unspecified atom stereocenters. The quantitative estimate of drug-likeness (QED) is 0.735. The maximum atomic E-state index is 12.7. The van der Waals surface area contributed by atoms with Gasteiger partial charge >= 0.3 is 0 Å². The summed E-state index contributed by atoms with van der Waals surface area (Å²) in [5.74, 6) is 0.350. The highest BCUT2D eigenvalue weighted by Gasteiger charge is 2.17. The molecule has 3 rings (SSSR count). The van der Waals surface area contributed by atoms with Crippen molar-refractivity contribution in [3.8, 4) is 0 Å². The monoisotopic (exact) mass is 393 g/mol. The van der Waals surface area contributed by atoms with Crippen molar-refractivity contribution in [3.05, 3.63) is 59.7 Å². The van der Waals surface area contributed by atoms with Crippen molar-refractivity contribution in [1.29, 1.82) is 0 Å². The molecule has 2 aromatic carbocycles. The van der Waals surface area contributed by atoms with Gasteiger partial charge in [0, 0.05) is 30.0 Å². The number of carbonyl (C=O) groups excluding carboxylic acids is 2. The van der Waals surface area contributed by atoms with Gasteiger partial charge in [-0.05, 0) is 54.7 Å². The maximum absolute atomic E-state index is 12.7. The number of amides is 2. The Morgan fingerprint density at radius 3 is 2.24 bits per heavy atom. The van der Waals surface area contributed by atoms with E-state index in [9.17, 15) is 9.59 Å². The fraction of sp³-hybridized carbons (Fsp3) is 0.417. The predicted octanol–water partition coefficient (Wildman–Crippen LogP) is 4.88. The number of benzene rings is 2. The molecule has 0 atom stereocenters. The van der Waals surface area contributed by atoms with E-state index in [1.165, 1.54) is 18.4 Å². The molecule has 2 aromatic rings. The van der Waals surface area contributed by atoms with E-state index in [0.29, 0.717) is 17.2 Å². The van der Waals surface area contributed by atoms with Crippen LogP contribution in [-0.4, -0.2) is 36.3 Å². The molecule has 2 amide bonds. The normalized spacial score (nSPS) is 14.4. The molecule has 0 saturated carbocycles. The van der Waals surface area contributed by atoms with Crippen molar-refractivity contribution in [2.24, 2.45) is 0 Å². The van der Waals surface area contributed by atoms with Gasteiger partial charge in [0.15, 0.2) is 0 Å². The topological polar surface area (TPSA) is 61.4 Å². The summed E-state index contributed by atoms with van der Waals surface area (Å²) in [6.07, 6.45) is 4.55. The molecule has 5 heteroatoms. The maximum Gasteiger partial charge on any atom is 0.253 e. The largest absolute Gasteiger partial charge is 0.376 e. The lowest BCUT2D eigenvalue weighted by atomic mass is 10.0. The Bertz CT molecular complexity index is 822. The summed E-state index contributed by atoms with van der Waals surface area (Å²) in [6, 6.07) is 15.2. The van der Waals surface area contributed by atoms with Crippen LogP contribution in [0.5, 0.6) is 0 Å². The number of likely N-dealkylation sites (tertiary alicyclic amines) is 1. The van der Waals surface area contributed by atoms with Crippen LogP contribution < -0.4 is 10.6 Å². The summed E-state index contributed by atoms with van der Waals surface area (Å²) in [4.78, 5) is 26.9. The molecule has 1 fully saturated rings. The zero-order valence-corrected chi connectivity index (χ0v) is 17.4. The van der Waals surface area contributed by atoms with Gasteiger partial charge in [0.25, 0.3) is 5.91 Å². The summed E-state index contributed by atoms with van der Waals surface area (Å²) in [5.41, 5.74) is 3.54. The lowest BCUT2D eigenvalue weighted by Gasteiger charge is -2.20. The molecule has 0 spiro atoms. The van der Waals surface area contributed by atoms with Crippen molar-refractivity contribution < 1.29 is 9.59 Å². The summed E-state index contributed by atoms with van der Waals surface area (Å²) in [5, 5.41) is 6.11. The third-order valence-electron chi connectivity index (χ3n) is 5.33. The fourth-order valence-electron chi connectivity index (χ4n) is 3.69. The Morgan fingerprint density at radius 2 is 1.59 bits per heavy atom. The molecule has 2 N–H and O–H groups in total. The van der Waals surface area contributed by atoms with E-state index in [1.807, 2.05) is 23.1 Å². The van der Waals surface area contributed by atoms with Gasteiger partial charge in [0.1, 0.15) is 0 Å². The minimum Gasteiger partial charge on any atom is -0.376 e. The Hall–Kier alpha value is -2.82. The van der Waals surface area contributed by atoms with E-state index in [2.05, 4.69) is 30.5 Å². The zero-order valence-electron chi connectivity index (χ0n) is 17.4. The van der Waals surface area contributed by atoms with Crippen LogP contribution in [-0.2, 0) is 4.79 Å². The second-order valence-electron chi connectivity index (χ2n) is 7.93. The molecule has 0 aromatic heterocycles. The standard InChI is InChI=1S/C24H31N3O2/c1-18(2)21-9-5-6-10-22(21)25-17-23(28)26-20-13-11-19(12-14-20)24(29)27-15-7-3-4-8-16-27/h5-6,9-14,18,25H,3-4,7-8,15-17H2,1-2H3,(H,26,28). The number of nitrogens with one attached hydrogen (secondary N) is 2. The number of carbonyl (C=O) groups is 2. The summed E-state index contributed by atoms with van der Waals surface area (Å²) in [7, 11) is 0. The first-order valence-corrected chi connectivity index (χ1v) is 10.6. The zero-order chi connectivity index (χ0) is 20.6. The van der Waals surface area contributed by atoms with Crippen molar-refractivity contribution in [2.45, 2.75) is 45.4 Å². The molecule has 1 aliphatic rings. The third-order valence-corrected chi connectivity index (χ3v) is 5.33. The molecule has 29 heavy (non-hydrogen) atoms. The highest BCUT2D eigenvalue weighted by Crippen LogP contribution is 2.23. The summed E-state index contributed by atoms with van der Waals surface area (Å²) < 4.78 is 0. The SMILES string of the molecule is CC(C)c1ccccc1NCC(=O)Nc1ccc(C(=O)N2CCCCCC2)cc1. The van der Waals surface area contributed by atoms with Gasteiger partial charge in [-0.2, -0.15) is 0 Å². The molecular weight excluding hydrogens is 362 g/mol. The molecule has 0 radical (unpaired) electrons. The Morgan fingerprint density at radius 1 is 0.931 bits per heavy atom. The first-order valence-electron chi connectivity index (χ1n) is 10.6. The van der Waals surface area contributed by atoms with E-state index < -0.39 is 0 Å². The van der Waals surface area contributed by atoms with Crippen LogP contribution >= 0.6 is 0 Å². The van der Waals surface area contributed by atoms with Crippen LogP contribution in [0, 0.1) is 0 Å². The van der Waals surface area contributed by atoms with Crippen LogP contribution in [0.25, 0.3) is 0 Å². The van der Waals surface area contributed by atoms with Gasteiger partial charge < -0.3 is 15.5 Å². The molecule has 1 heterocycles. The van der Waals surface area contributed by atoms with Crippen molar-refractivity contribution >= 4 is 23.2 Å². The van der Waals surface area contributed by atoms with Gasteiger partial charge in [-0.15, -0.1) is 0 Å². The number of hydrogen-bond donors (Lipinski definition) is 2. The van der Waals surface area contributed by atoms with Gasteiger partial charge in [0.05, 0.1) is 6.54 Å². The van der Waals surface area contributed by atoms with Gasteiger partial charge in [-0.1, -0.05) is 44.9 Å². The van der Waals surface area contributed by atoms with Crippen LogP contribution in [0.1, 0.15) is 61.4 Å². The van der Waals surface area contributed by atoms with E-state index in [4.69, 9.17) is 0 Å². The number of nitrogens with zero attached hydrogens (tertiary/aromatic N) is 1. The highest BCUT2D eigenvalue weighted by atomic mass is 16.2. The molecular formula is C24H31N3O2. The Balaban J connectivity index is 1.54. The van der Waals surface area contributed by atoms with Gasteiger partial charge in [-0.25, -0.2) is 0 Å². The predicted molar refractivity (Wildman–Crippen MR) is 118 cm³/mol. The van der Waals surface area contributed by atoms with Crippen molar-refractivity contribution in [2.75, 3.05) is 30.3 Å². The van der Waals surface area contributed by atoms with Gasteiger partial charge in [0.2, 0.25) is 5.91 Å². The van der Waals surface area contributed by atoms with Crippen LogP contribution in [0.2, 0.25) is 0 Å². The Labute approximate surface area is 173 Å². The van der Waals surface area contributed by atoms with Crippen LogP contribution in [0.15, 0.2) is 48.5 Å². The number of anilines is 2. The summed E-state index contributed by atoms with van der Waals surface area (Å²) >= 11 is 0. The van der Waals surface area contributed by atoms with E-state index in [1.54, 1.807) is 24.3 Å². The first-order chi connectivity index (χ1) is 14.0. The Kier molecular flexibility index (Phi) is 7.28. The summed E-state index contributed by atoms with van der Waals surface area (Å²) in [6.45, 7) is 6.13. The minimum atomic E-state index is -0.116. The molecule has 1 aliphatic heterocycles. The van der Waals surface area contributed by atoms with E-state index in [-0.39, 0.29) is 18.4 Å². The fourth-order valence-corrected chi connectivity index (χ4v) is 3.69.